The van der Waals surface area contributed by atoms with E-state index in [1.807, 2.05) is 32.7 Å². The lowest BCUT2D eigenvalue weighted by atomic mass is 9.97. The number of likely N-dealkylation sites (N-methyl/N-ethyl adjacent to an activating group) is 1. The first-order chi connectivity index (χ1) is 9.53. The van der Waals surface area contributed by atoms with Gasteiger partial charge in [-0.1, -0.05) is 18.2 Å². The van der Waals surface area contributed by atoms with Gasteiger partial charge in [0.25, 0.3) is 0 Å². The van der Waals surface area contributed by atoms with Gasteiger partial charge < -0.3 is 10.1 Å². The molecule has 0 fully saturated rings. The number of ether oxygens (including phenoxy) is 1. The molecule has 1 rings (SSSR count). The van der Waals surface area contributed by atoms with E-state index in [-0.39, 0.29) is 5.97 Å². The Bertz CT molecular complexity index is 436. The first-order valence-electron chi connectivity index (χ1n) is 7.08. The molecule has 0 bridgehead atoms. The Morgan fingerprint density at radius 2 is 2.10 bits per heavy atom. The largest absolute Gasteiger partial charge is 0.465 e. The van der Waals surface area contributed by atoms with Crippen LogP contribution in [0.4, 0.5) is 0 Å². The Hall–Kier alpha value is -1.00. The standard InChI is InChI=1S/C16H25NO2S/c1-5-19-15(18)16(3,17-4)11-8-12-20-14-10-7-6-9-13(14)2/h6-7,9-10,17H,5,8,11-12H2,1-4H3. The normalized spacial score (nSPS) is 13.8. The van der Waals surface area contributed by atoms with Crippen molar-refractivity contribution in [3.8, 4) is 0 Å². The summed E-state index contributed by atoms with van der Waals surface area (Å²) in [4.78, 5) is 13.2. The van der Waals surface area contributed by atoms with Crippen LogP contribution in [0.1, 0.15) is 32.3 Å². The zero-order chi connectivity index (χ0) is 15.0. The van der Waals surface area contributed by atoms with Crippen LogP contribution in [-0.2, 0) is 9.53 Å². The van der Waals surface area contributed by atoms with E-state index in [4.69, 9.17) is 4.74 Å². The van der Waals surface area contributed by atoms with Gasteiger partial charge in [-0.25, -0.2) is 0 Å². The molecule has 1 atom stereocenters. The van der Waals surface area contributed by atoms with Crippen LogP contribution in [0.15, 0.2) is 29.2 Å². The van der Waals surface area contributed by atoms with Crippen LogP contribution >= 0.6 is 11.8 Å². The molecule has 0 spiro atoms. The van der Waals surface area contributed by atoms with Gasteiger partial charge in [-0.3, -0.25) is 4.79 Å². The molecule has 0 amide bonds. The van der Waals surface area contributed by atoms with E-state index in [9.17, 15) is 4.79 Å². The number of rotatable bonds is 8. The molecule has 0 aliphatic rings. The SMILES string of the molecule is CCOC(=O)C(C)(CCCSc1ccccc1C)NC. The van der Waals surface area contributed by atoms with Crippen LogP contribution in [0.3, 0.4) is 0 Å². The second kappa shape index (κ2) is 8.32. The first kappa shape index (κ1) is 17.1. The van der Waals surface area contributed by atoms with Crippen molar-refractivity contribution in [2.24, 2.45) is 0 Å². The van der Waals surface area contributed by atoms with E-state index < -0.39 is 5.54 Å². The second-order valence-corrected chi connectivity index (χ2v) is 6.16. The lowest BCUT2D eigenvalue weighted by molar-refractivity contribution is -0.150. The number of carbonyl (C=O) groups is 1. The van der Waals surface area contributed by atoms with Crippen molar-refractivity contribution >= 4 is 17.7 Å². The third kappa shape index (κ3) is 4.84. The highest BCUT2D eigenvalue weighted by atomic mass is 32.2. The monoisotopic (exact) mass is 295 g/mol. The van der Waals surface area contributed by atoms with Crippen molar-refractivity contribution in [3.63, 3.8) is 0 Å². The fourth-order valence-electron chi connectivity index (χ4n) is 1.95. The Balaban J connectivity index is 2.42. The molecule has 4 heteroatoms. The smallest absolute Gasteiger partial charge is 0.326 e. The fraction of sp³-hybridized carbons (Fsp3) is 0.562. The number of thioether (sulfide) groups is 1. The van der Waals surface area contributed by atoms with Gasteiger partial charge in [-0.05, 0) is 58.0 Å². The zero-order valence-electron chi connectivity index (χ0n) is 12.9. The molecule has 0 radical (unpaired) electrons. The zero-order valence-corrected chi connectivity index (χ0v) is 13.7. The van der Waals surface area contributed by atoms with E-state index in [1.165, 1.54) is 10.5 Å². The van der Waals surface area contributed by atoms with Gasteiger partial charge in [0, 0.05) is 4.90 Å². The summed E-state index contributed by atoms with van der Waals surface area (Å²) in [6, 6.07) is 8.38. The van der Waals surface area contributed by atoms with Gasteiger partial charge in [0.2, 0.25) is 0 Å². The van der Waals surface area contributed by atoms with E-state index in [0.29, 0.717) is 6.61 Å². The van der Waals surface area contributed by atoms with Gasteiger partial charge in [-0.2, -0.15) is 0 Å². The Morgan fingerprint density at radius 1 is 1.40 bits per heavy atom. The van der Waals surface area contributed by atoms with Crippen molar-refractivity contribution in [1.82, 2.24) is 5.32 Å². The number of hydrogen-bond acceptors (Lipinski definition) is 4. The van der Waals surface area contributed by atoms with Crippen LogP contribution in [0.5, 0.6) is 0 Å². The number of benzene rings is 1. The van der Waals surface area contributed by atoms with E-state index >= 15 is 0 Å². The molecule has 112 valence electrons. The summed E-state index contributed by atoms with van der Waals surface area (Å²) in [6.07, 6.45) is 1.75. The lowest BCUT2D eigenvalue weighted by Crippen LogP contribution is -2.48. The molecule has 0 aliphatic heterocycles. The van der Waals surface area contributed by atoms with Crippen molar-refractivity contribution in [2.75, 3.05) is 19.4 Å². The number of aryl methyl sites for hydroxylation is 1. The summed E-state index contributed by atoms with van der Waals surface area (Å²) in [7, 11) is 1.81. The van der Waals surface area contributed by atoms with E-state index in [1.54, 1.807) is 0 Å². The van der Waals surface area contributed by atoms with E-state index in [0.717, 1.165) is 18.6 Å². The van der Waals surface area contributed by atoms with Crippen molar-refractivity contribution < 1.29 is 9.53 Å². The predicted octanol–water partition coefficient (Wildman–Crippen LogP) is 3.41. The predicted molar refractivity (Wildman–Crippen MR) is 85.2 cm³/mol. The first-order valence-corrected chi connectivity index (χ1v) is 8.06. The summed E-state index contributed by atoms with van der Waals surface area (Å²) in [5.41, 5.74) is 0.724. The van der Waals surface area contributed by atoms with Gasteiger partial charge in [0.15, 0.2) is 0 Å². The third-order valence-electron chi connectivity index (χ3n) is 3.45. The third-order valence-corrected chi connectivity index (χ3v) is 4.71. The molecule has 20 heavy (non-hydrogen) atoms. The highest BCUT2D eigenvalue weighted by Gasteiger charge is 2.32. The van der Waals surface area contributed by atoms with Crippen LogP contribution in [-0.4, -0.2) is 30.9 Å². The quantitative estimate of drug-likeness (QED) is 0.453. The maximum absolute atomic E-state index is 11.9. The summed E-state index contributed by atoms with van der Waals surface area (Å²) in [5, 5.41) is 3.09. The van der Waals surface area contributed by atoms with Crippen LogP contribution in [0.2, 0.25) is 0 Å². The highest BCUT2D eigenvalue weighted by Crippen LogP contribution is 2.24. The maximum atomic E-state index is 11.9. The van der Waals surface area contributed by atoms with E-state index in [2.05, 4.69) is 36.5 Å². The minimum absolute atomic E-state index is 0.164. The summed E-state index contributed by atoms with van der Waals surface area (Å²) >= 11 is 1.84. The molecule has 1 aromatic rings. The molecule has 3 nitrogen and oxygen atoms in total. The summed E-state index contributed by atoms with van der Waals surface area (Å²) in [5.74, 6) is 0.838. The van der Waals surface area contributed by atoms with Crippen molar-refractivity contribution in [3.05, 3.63) is 29.8 Å². The molecule has 0 saturated heterocycles. The number of carbonyl (C=O) groups excluding carboxylic acids is 1. The van der Waals surface area contributed by atoms with Gasteiger partial charge in [-0.15, -0.1) is 11.8 Å². The maximum Gasteiger partial charge on any atom is 0.326 e. The fourth-order valence-corrected chi connectivity index (χ4v) is 2.92. The average Bonchev–Trinajstić information content (AvgIpc) is 2.45. The molecular weight excluding hydrogens is 270 g/mol. The second-order valence-electron chi connectivity index (χ2n) is 5.02. The molecule has 0 saturated carbocycles. The average molecular weight is 295 g/mol. The minimum atomic E-state index is -0.581. The lowest BCUT2D eigenvalue weighted by Gasteiger charge is -2.26. The number of hydrogen-bond donors (Lipinski definition) is 1. The van der Waals surface area contributed by atoms with Crippen LogP contribution in [0, 0.1) is 6.92 Å². The molecule has 0 heterocycles. The molecule has 0 aliphatic carbocycles. The molecular formula is C16H25NO2S. The Labute approximate surface area is 126 Å². The topological polar surface area (TPSA) is 38.3 Å². The van der Waals surface area contributed by atoms with Gasteiger partial charge >= 0.3 is 5.97 Å². The molecule has 1 N–H and O–H groups in total. The van der Waals surface area contributed by atoms with Crippen LogP contribution in [0.25, 0.3) is 0 Å². The molecule has 1 aromatic carbocycles. The number of esters is 1. The summed E-state index contributed by atoms with van der Waals surface area (Å²) in [6.45, 7) is 6.29. The van der Waals surface area contributed by atoms with Gasteiger partial charge in [0.05, 0.1) is 6.61 Å². The van der Waals surface area contributed by atoms with Gasteiger partial charge in [0.1, 0.15) is 5.54 Å². The molecule has 1 unspecified atom stereocenters. The van der Waals surface area contributed by atoms with Crippen LogP contribution < -0.4 is 5.32 Å². The minimum Gasteiger partial charge on any atom is -0.465 e. The summed E-state index contributed by atoms with van der Waals surface area (Å²) < 4.78 is 5.12. The van der Waals surface area contributed by atoms with Crippen molar-refractivity contribution in [1.29, 1.82) is 0 Å². The Morgan fingerprint density at radius 3 is 2.70 bits per heavy atom. The highest BCUT2D eigenvalue weighted by molar-refractivity contribution is 7.99. The molecule has 0 aromatic heterocycles. The number of nitrogens with one attached hydrogen (secondary N) is 1. The van der Waals surface area contributed by atoms with Crippen molar-refractivity contribution in [2.45, 2.75) is 44.0 Å². The Kier molecular flexibility index (Phi) is 7.10.